The van der Waals surface area contributed by atoms with Gasteiger partial charge in [-0.3, -0.25) is 4.79 Å². The molecule has 0 heterocycles. The molecule has 1 fully saturated rings. The van der Waals surface area contributed by atoms with Crippen LogP contribution in [0.1, 0.15) is 36.0 Å². The molecule has 1 aliphatic rings. The van der Waals surface area contributed by atoms with E-state index < -0.39 is 5.82 Å². The van der Waals surface area contributed by atoms with Crippen LogP contribution >= 0.6 is 15.9 Å². The SMILES string of the molecule is O=C(c1ccc(Br)cc1F)C1CCCC1. The Morgan fingerprint density at radius 3 is 2.60 bits per heavy atom. The zero-order chi connectivity index (χ0) is 10.8. The lowest BCUT2D eigenvalue weighted by atomic mass is 9.96. The van der Waals surface area contributed by atoms with Crippen LogP contribution in [-0.2, 0) is 0 Å². The van der Waals surface area contributed by atoms with Gasteiger partial charge in [0.2, 0.25) is 0 Å². The van der Waals surface area contributed by atoms with Crippen LogP contribution in [0.25, 0.3) is 0 Å². The number of hydrogen-bond donors (Lipinski definition) is 0. The molecule has 3 heteroatoms. The number of Topliss-reactive ketones (excluding diaryl/α,β-unsaturated/α-hetero) is 1. The Kier molecular flexibility index (Phi) is 3.19. The van der Waals surface area contributed by atoms with Gasteiger partial charge in [-0.2, -0.15) is 0 Å². The smallest absolute Gasteiger partial charge is 0.168 e. The van der Waals surface area contributed by atoms with Crippen molar-refractivity contribution in [1.82, 2.24) is 0 Å². The van der Waals surface area contributed by atoms with Crippen molar-refractivity contribution in [3.8, 4) is 0 Å². The molecule has 1 aliphatic carbocycles. The molecule has 1 aromatic rings. The molecule has 0 radical (unpaired) electrons. The van der Waals surface area contributed by atoms with Crippen molar-refractivity contribution in [3.05, 3.63) is 34.1 Å². The highest BCUT2D eigenvalue weighted by Crippen LogP contribution is 2.29. The summed E-state index contributed by atoms with van der Waals surface area (Å²) in [6.07, 6.45) is 4.01. The maximum atomic E-state index is 13.5. The normalized spacial score (nSPS) is 16.9. The molecule has 0 amide bonds. The lowest BCUT2D eigenvalue weighted by molar-refractivity contribution is 0.0918. The van der Waals surface area contributed by atoms with Gasteiger partial charge in [0.1, 0.15) is 5.82 Å². The van der Waals surface area contributed by atoms with E-state index in [-0.39, 0.29) is 17.3 Å². The highest BCUT2D eigenvalue weighted by atomic mass is 79.9. The summed E-state index contributed by atoms with van der Waals surface area (Å²) in [5, 5.41) is 0. The third-order valence-corrected chi connectivity index (χ3v) is 3.42. The summed E-state index contributed by atoms with van der Waals surface area (Å²) in [5.41, 5.74) is 0.241. The van der Waals surface area contributed by atoms with Crippen LogP contribution in [0.2, 0.25) is 0 Å². The van der Waals surface area contributed by atoms with E-state index in [1.807, 2.05) is 0 Å². The van der Waals surface area contributed by atoms with Gasteiger partial charge in [0.25, 0.3) is 0 Å². The van der Waals surface area contributed by atoms with Crippen LogP contribution in [-0.4, -0.2) is 5.78 Å². The lowest BCUT2D eigenvalue weighted by Crippen LogP contribution is -2.12. The van der Waals surface area contributed by atoms with E-state index in [0.717, 1.165) is 25.7 Å². The summed E-state index contributed by atoms with van der Waals surface area (Å²) in [6, 6.07) is 4.63. The Hall–Kier alpha value is -0.700. The molecule has 1 nitrogen and oxygen atoms in total. The van der Waals surface area contributed by atoms with Crippen molar-refractivity contribution < 1.29 is 9.18 Å². The Balaban J connectivity index is 2.24. The first-order valence-corrected chi connectivity index (χ1v) is 5.97. The molecule has 0 unspecified atom stereocenters. The van der Waals surface area contributed by atoms with Gasteiger partial charge in [-0.25, -0.2) is 4.39 Å². The molecule has 2 rings (SSSR count). The molecule has 0 atom stereocenters. The summed E-state index contributed by atoms with van der Waals surface area (Å²) >= 11 is 3.18. The number of carbonyl (C=O) groups excluding carboxylic acids is 1. The van der Waals surface area contributed by atoms with Crippen LogP contribution in [0.4, 0.5) is 4.39 Å². The summed E-state index contributed by atoms with van der Waals surface area (Å²) < 4.78 is 14.2. The molecular formula is C12H12BrFO. The van der Waals surface area contributed by atoms with E-state index in [1.54, 1.807) is 12.1 Å². The van der Waals surface area contributed by atoms with Crippen molar-refractivity contribution >= 4 is 21.7 Å². The van der Waals surface area contributed by atoms with Gasteiger partial charge in [-0.05, 0) is 31.0 Å². The molecule has 0 aliphatic heterocycles. The minimum Gasteiger partial charge on any atom is -0.294 e. The second-order valence-corrected chi connectivity index (χ2v) is 4.89. The highest BCUT2D eigenvalue weighted by Gasteiger charge is 2.25. The van der Waals surface area contributed by atoms with Crippen molar-refractivity contribution in [3.63, 3.8) is 0 Å². The zero-order valence-electron chi connectivity index (χ0n) is 8.30. The fourth-order valence-electron chi connectivity index (χ4n) is 2.10. The van der Waals surface area contributed by atoms with Crippen molar-refractivity contribution in [1.29, 1.82) is 0 Å². The third kappa shape index (κ3) is 2.28. The van der Waals surface area contributed by atoms with Crippen LogP contribution < -0.4 is 0 Å². The minimum absolute atomic E-state index is 0.0301. The predicted molar refractivity (Wildman–Crippen MR) is 60.4 cm³/mol. The average Bonchev–Trinajstić information content (AvgIpc) is 2.69. The maximum absolute atomic E-state index is 13.5. The van der Waals surface area contributed by atoms with Gasteiger partial charge in [0.15, 0.2) is 5.78 Å². The molecule has 0 saturated heterocycles. The Labute approximate surface area is 96.8 Å². The first-order chi connectivity index (χ1) is 7.18. The Bertz CT molecular complexity index is 383. The van der Waals surface area contributed by atoms with Crippen LogP contribution in [0.5, 0.6) is 0 Å². The van der Waals surface area contributed by atoms with E-state index in [9.17, 15) is 9.18 Å². The molecular weight excluding hydrogens is 259 g/mol. The van der Waals surface area contributed by atoms with Crippen LogP contribution in [0.3, 0.4) is 0 Å². The molecule has 1 saturated carbocycles. The fraction of sp³-hybridized carbons (Fsp3) is 0.417. The second-order valence-electron chi connectivity index (χ2n) is 3.97. The fourth-order valence-corrected chi connectivity index (χ4v) is 2.43. The second kappa shape index (κ2) is 4.44. The number of hydrogen-bond acceptors (Lipinski definition) is 1. The summed E-state index contributed by atoms with van der Waals surface area (Å²) in [6.45, 7) is 0. The first kappa shape index (κ1) is 10.8. The molecule has 80 valence electrons. The quantitative estimate of drug-likeness (QED) is 0.744. The van der Waals surface area contributed by atoms with E-state index in [0.29, 0.717) is 4.47 Å². The first-order valence-electron chi connectivity index (χ1n) is 5.18. The zero-order valence-corrected chi connectivity index (χ0v) is 9.89. The molecule has 0 spiro atoms. The molecule has 0 N–H and O–H groups in total. The van der Waals surface area contributed by atoms with Gasteiger partial charge < -0.3 is 0 Å². The lowest BCUT2D eigenvalue weighted by Gasteiger charge is -2.08. The largest absolute Gasteiger partial charge is 0.294 e. The Morgan fingerprint density at radius 2 is 2.00 bits per heavy atom. The number of rotatable bonds is 2. The monoisotopic (exact) mass is 270 g/mol. The predicted octanol–water partition coefficient (Wildman–Crippen LogP) is 3.96. The van der Waals surface area contributed by atoms with Gasteiger partial charge >= 0.3 is 0 Å². The summed E-state index contributed by atoms with van der Waals surface area (Å²) in [7, 11) is 0. The van der Waals surface area contributed by atoms with Crippen LogP contribution in [0, 0.1) is 11.7 Å². The summed E-state index contributed by atoms with van der Waals surface area (Å²) in [5.74, 6) is -0.403. The summed E-state index contributed by atoms with van der Waals surface area (Å²) in [4.78, 5) is 11.9. The van der Waals surface area contributed by atoms with Crippen LogP contribution in [0.15, 0.2) is 22.7 Å². The maximum Gasteiger partial charge on any atom is 0.168 e. The number of carbonyl (C=O) groups is 1. The molecule has 15 heavy (non-hydrogen) atoms. The van der Waals surface area contributed by atoms with Gasteiger partial charge in [0, 0.05) is 10.4 Å². The van der Waals surface area contributed by atoms with E-state index in [1.165, 1.54) is 6.07 Å². The number of ketones is 1. The standard InChI is InChI=1S/C12H12BrFO/c13-9-5-6-10(11(14)7-9)12(15)8-3-1-2-4-8/h5-8H,1-4H2. The highest BCUT2D eigenvalue weighted by molar-refractivity contribution is 9.10. The van der Waals surface area contributed by atoms with Crippen molar-refractivity contribution in [2.45, 2.75) is 25.7 Å². The van der Waals surface area contributed by atoms with Gasteiger partial charge in [-0.1, -0.05) is 28.8 Å². The number of halogens is 2. The van der Waals surface area contributed by atoms with Crippen molar-refractivity contribution in [2.24, 2.45) is 5.92 Å². The molecule has 1 aromatic carbocycles. The molecule has 0 aromatic heterocycles. The van der Waals surface area contributed by atoms with Gasteiger partial charge in [-0.15, -0.1) is 0 Å². The van der Waals surface area contributed by atoms with Crippen molar-refractivity contribution in [2.75, 3.05) is 0 Å². The average molecular weight is 271 g/mol. The van der Waals surface area contributed by atoms with E-state index in [2.05, 4.69) is 15.9 Å². The van der Waals surface area contributed by atoms with E-state index >= 15 is 0 Å². The Morgan fingerprint density at radius 1 is 1.33 bits per heavy atom. The third-order valence-electron chi connectivity index (χ3n) is 2.92. The minimum atomic E-state index is -0.415. The van der Waals surface area contributed by atoms with Gasteiger partial charge in [0.05, 0.1) is 5.56 Å². The van der Waals surface area contributed by atoms with E-state index in [4.69, 9.17) is 0 Å². The number of benzene rings is 1. The molecule has 0 bridgehead atoms. The topological polar surface area (TPSA) is 17.1 Å².